The maximum Gasteiger partial charge on any atom is 0.243 e. The highest BCUT2D eigenvalue weighted by Gasteiger charge is 2.32. The molecule has 1 saturated carbocycles. The number of rotatable bonds is 5. The second kappa shape index (κ2) is 5.57. The summed E-state index contributed by atoms with van der Waals surface area (Å²) in [6, 6.07) is 5.28. The Bertz CT molecular complexity index is 772. The van der Waals surface area contributed by atoms with Crippen LogP contribution in [0.25, 0.3) is 0 Å². The number of hydrogen-bond acceptors (Lipinski definition) is 5. The van der Waals surface area contributed by atoms with Gasteiger partial charge in [-0.2, -0.15) is 4.31 Å². The van der Waals surface area contributed by atoms with Crippen molar-refractivity contribution >= 4 is 20.0 Å². The lowest BCUT2D eigenvalue weighted by atomic mass is 10.3. The van der Waals surface area contributed by atoms with Gasteiger partial charge < -0.3 is 5.73 Å². The maximum absolute atomic E-state index is 12.5. The van der Waals surface area contributed by atoms with Crippen LogP contribution in [0.4, 0.5) is 0 Å². The van der Waals surface area contributed by atoms with Gasteiger partial charge >= 0.3 is 0 Å². The van der Waals surface area contributed by atoms with Gasteiger partial charge in [0.05, 0.1) is 9.79 Å². The van der Waals surface area contributed by atoms with Crippen molar-refractivity contribution in [3.05, 3.63) is 24.3 Å². The Kier molecular flexibility index (Phi) is 4.02. The van der Waals surface area contributed by atoms with Gasteiger partial charge in [-0.1, -0.05) is 6.07 Å². The zero-order chi connectivity index (χ0) is 16.0. The van der Waals surface area contributed by atoms with Gasteiger partial charge in [-0.05, 0) is 37.5 Å². The van der Waals surface area contributed by atoms with Crippen LogP contribution >= 0.6 is 0 Å². The van der Waals surface area contributed by atoms with Gasteiger partial charge in [0.25, 0.3) is 0 Å². The number of nitrogens with two attached hydrogens (primary N) is 1. The molecule has 1 aromatic rings. The second-order valence-corrected chi connectivity index (χ2v) is 9.43. The normalized spacial score (nSPS) is 23.8. The summed E-state index contributed by atoms with van der Waals surface area (Å²) >= 11 is 0. The molecule has 0 amide bonds. The van der Waals surface area contributed by atoms with E-state index >= 15 is 0 Å². The highest BCUT2D eigenvalue weighted by atomic mass is 32.2. The third-order valence-electron chi connectivity index (χ3n) is 3.84. The lowest BCUT2D eigenvalue weighted by Crippen LogP contribution is -2.32. The first-order valence-corrected chi connectivity index (χ1v) is 10.1. The van der Waals surface area contributed by atoms with Crippen LogP contribution < -0.4 is 10.5 Å². The molecule has 0 aromatic heterocycles. The third-order valence-corrected chi connectivity index (χ3v) is 7.22. The SMILES string of the molecule is N[C@@H]1CCN(S(=O)(=O)c2cccc(S(=O)(=O)NC3CC3)c2)C1. The Balaban J connectivity index is 1.90. The van der Waals surface area contributed by atoms with Gasteiger partial charge in [-0.15, -0.1) is 0 Å². The average molecular weight is 345 g/mol. The molecule has 2 aliphatic rings. The minimum absolute atomic E-state index is 0.0136. The Morgan fingerprint density at radius 1 is 1.09 bits per heavy atom. The molecule has 0 spiro atoms. The van der Waals surface area contributed by atoms with Gasteiger partial charge in [-0.25, -0.2) is 21.6 Å². The third kappa shape index (κ3) is 3.18. The molecule has 3 N–H and O–H groups in total. The molecule has 122 valence electrons. The quantitative estimate of drug-likeness (QED) is 0.771. The molecule has 0 radical (unpaired) electrons. The van der Waals surface area contributed by atoms with E-state index in [-0.39, 0.29) is 28.4 Å². The van der Waals surface area contributed by atoms with E-state index in [1.54, 1.807) is 0 Å². The average Bonchev–Trinajstić information content (AvgIpc) is 3.15. The predicted octanol–water partition coefficient (Wildman–Crippen LogP) is -0.151. The molecule has 3 rings (SSSR count). The van der Waals surface area contributed by atoms with Crippen LogP contribution in [0.2, 0.25) is 0 Å². The van der Waals surface area contributed by atoms with Crippen molar-refractivity contribution in [2.45, 2.75) is 41.1 Å². The molecule has 1 aliphatic carbocycles. The summed E-state index contributed by atoms with van der Waals surface area (Å²) < 4.78 is 53.3. The van der Waals surface area contributed by atoms with E-state index in [2.05, 4.69) is 4.72 Å². The number of benzene rings is 1. The van der Waals surface area contributed by atoms with E-state index in [1.807, 2.05) is 0 Å². The minimum atomic E-state index is -3.71. The fourth-order valence-corrected chi connectivity index (χ4v) is 5.39. The Hall–Kier alpha value is -1.00. The zero-order valence-electron chi connectivity index (χ0n) is 12.0. The topological polar surface area (TPSA) is 110 Å². The van der Waals surface area contributed by atoms with Crippen molar-refractivity contribution in [2.75, 3.05) is 13.1 Å². The molecule has 1 atom stereocenters. The van der Waals surface area contributed by atoms with Crippen LogP contribution in [0.5, 0.6) is 0 Å². The maximum atomic E-state index is 12.5. The second-order valence-electron chi connectivity index (χ2n) is 5.78. The van der Waals surface area contributed by atoms with Gasteiger partial charge in [0.2, 0.25) is 20.0 Å². The molecule has 1 aromatic carbocycles. The summed E-state index contributed by atoms with van der Waals surface area (Å²) in [5.41, 5.74) is 5.75. The molecule has 1 aliphatic heterocycles. The van der Waals surface area contributed by atoms with Crippen LogP contribution in [-0.4, -0.2) is 46.3 Å². The molecule has 1 saturated heterocycles. The summed E-state index contributed by atoms with van der Waals surface area (Å²) in [6.07, 6.45) is 2.26. The molecular weight excluding hydrogens is 326 g/mol. The van der Waals surface area contributed by atoms with Gasteiger partial charge in [0.15, 0.2) is 0 Å². The van der Waals surface area contributed by atoms with Crippen molar-refractivity contribution in [3.63, 3.8) is 0 Å². The van der Waals surface area contributed by atoms with E-state index in [9.17, 15) is 16.8 Å². The predicted molar refractivity (Wildman–Crippen MR) is 81.1 cm³/mol. The van der Waals surface area contributed by atoms with Gasteiger partial charge in [0.1, 0.15) is 0 Å². The van der Waals surface area contributed by atoms with Crippen LogP contribution in [0, 0.1) is 0 Å². The number of nitrogens with one attached hydrogen (secondary N) is 1. The summed E-state index contributed by atoms with van der Waals surface area (Å²) in [6.45, 7) is 0.625. The van der Waals surface area contributed by atoms with Crippen molar-refractivity contribution in [2.24, 2.45) is 5.73 Å². The fraction of sp³-hybridized carbons (Fsp3) is 0.538. The van der Waals surface area contributed by atoms with E-state index in [1.165, 1.54) is 28.6 Å². The van der Waals surface area contributed by atoms with Crippen molar-refractivity contribution in [3.8, 4) is 0 Å². The first-order chi connectivity index (χ1) is 10.3. The lowest BCUT2D eigenvalue weighted by molar-refractivity contribution is 0.472. The molecule has 7 nitrogen and oxygen atoms in total. The van der Waals surface area contributed by atoms with Crippen molar-refractivity contribution < 1.29 is 16.8 Å². The highest BCUT2D eigenvalue weighted by molar-refractivity contribution is 7.90. The first kappa shape index (κ1) is 15.9. The fourth-order valence-electron chi connectivity index (χ4n) is 2.41. The summed E-state index contributed by atoms with van der Waals surface area (Å²) in [4.78, 5) is -0.0377. The molecular formula is C13H19N3O4S2. The van der Waals surface area contributed by atoms with Gasteiger partial charge in [0, 0.05) is 25.2 Å². The highest BCUT2D eigenvalue weighted by Crippen LogP contribution is 2.25. The molecule has 0 unspecified atom stereocenters. The standard InChI is InChI=1S/C13H19N3O4S2/c14-10-6-7-16(9-10)22(19,20)13-3-1-2-12(8-13)21(17,18)15-11-4-5-11/h1-3,8,10-11,15H,4-7,9,14H2/t10-/m1/s1. The van der Waals surface area contributed by atoms with Crippen LogP contribution in [-0.2, 0) is 20.0 Å². The summed E-state index contributed by atoms with van der Waals surface area (Å²) in [5, 5.41) is 0. The minimum Gasteiger partial charge on any atom is -0.326 e. The monoisotopic (exact) mass is 345 g/mol. The first-order valence-electron chi connectivity index (χ1n) is 7.17. The molecule has 22 heavy (non-hydrogen) atoms. The molecule has 0 bridgehead atoms. The van der Waals surface area contributed by atoms with Crippen LogP contribution in [0.3, 0.4) is 0 Å². The van der Waals surface area contributed by atoms with Crippen molar-refractivity contribution in [1.29, 1.82) is 0 Å². The Morgan fingerprint density at radius 2 is 1.77 bits per heavy atom. The molecule has 2 fully saturated rings. The smallest absolute Gasteiger partial charge is 0.243 e. The Morgan fingerprint density at radius 3 is 2.36 bits per heavy atom. The van der Waals surface area contributed by atoms with Crippen LogP contribution in [0.15, 0.2) is 34.1 Å². The summed E-state index contributed by atoms with van der Waals surface area (Å²) in [5.74, 6) is 0. The van der Waals surface area contributed by atoms with E-state index in [4.69, 9.17) is 5.73 Å². The Labute approximate surface area is 130 Å². The lowest BCUT2D eigenvalue weighted by Gasteiger charge is -2.16. The molecule has 9 heteroatoms. The van der Waals surface area contributed by atoms with Gasteiger partial charge in [-0.3, -0.25) is 0 Å². The van der Waals surface area contributed by atoms with E-state index < -0.39 is 20.0 Å². The number of nitrogens with zero attached hydrogens (tertiary/aromatic N) is 1. The number of sulfonamides is 2. The molecule has 1 heterocycles. The number of hydrogen-bond donors (Lipinski definition) is 2. The zero-order valence-corrected chi connectivity index (χ0v) is 13.6. The van der Waals surface area contributed by atoms with Crippen molar-refractivity contribution in [1.82, 2.24) is 9.03 Å². The largest absolute Gasteiger partial charge is 0.326 e. The summed E-state index contributed by atoms with van der Waals surface area (Å²) in [7, 11) is -7.38. The van der Waals surface area contributed by atoms with E-state index in [0.29, 0.717) is 13.0 Å². The van der Waals surface area contributed by atoms with E-state index in [0.717, 1.165) is 12.8 Å². The van der Waals surface area contributed by atoms with Crippen LogP contribution in [0.1, 0.15) is 19.3 Å².